The van der Waals surface area contributed by atoms with Gasteiger partial charge >= 0.3 is 0 Å². The van der Waals surface area contributed by atoms with Crippen molar-refractivity contribution in [3.05, 3.63) is 164 Å². The van der Waals surface area contributed by atoms with E-state index < -0.39 is 136 Å². The minimum Gasteiger partial charge on any atom is -0.508 e. The van der Waals surface area contributed by atoms with Crippen LogP contribution in [0.5, 0.6) is 69.0 Å². The number of aromatic hydroxyl groups is 6. The molecule has 29 heteroatoms. The highest BCUT2D eigenvalue weighted by Gasteiger charge is 2.42. The summed E-state index contributed by atoms with van der Waals surface area (Å²) >= 11 is 14.0. The number of nitrogens with one attached hydrogen (secondary N) is 8. The van der Waals surface area contributed by atoms with E-state index in [1.807, 2.05) is 19.0 Å². The molecular formula is C74H80Cl2N10O17. The van der Waals surface area contributed by atoms with Crippen LogP contribution < -0.4 is 62.5 Å². The number of benzene rings is 7. The van der Waals surface area contributed by atoms with Crippen LogP contribution in [0.1, 0.15) is 146 Å². The standard InChI is InChI=1S/C74H80Cl2N10O17/c1-4-5-6-7-8-9-10-11-22-79-70(96)63-45-34-52(90)46(35-78-21-12-23-86(2)3)66(92)58(45)44-28-38(15-17-50(44)88)60-71(97)85-64(74(100)84-63)65(91)39-16-20-54(48(76)29-39)103-57-32-41-31-56(67(57)93)102-53-19-13-36(24-47(53)75)25-49-68(94)81-61(72(98)83-62(41)73(99)82-60)40-26-42(87)33-43(27-40)101-55-30-37(14-18-51(55)89)59(77)69(95)80-49/h13-20,24,26-34,49,59-65,78,87-93H,4-12,21-23,25,35,77H2,1-3H3,(H,79,96)(H,80,95)(H,81,94)(H,82,99)(H,83,98)(H,84,100)(H,85,97)/t49-,59-,60-,61-,62-,63-,64-,65?/m0/s1. The predicted molar refractivity (Wildman–Crippen MR) is 378 cm³/mol. The molecule has 7 amide bonds. The third-order valence-electron chi connectivity index (χ3n) is 18.3. The number of ether oxygens (including phenoxy) is 3. The zero-order valence-corrected chi connectivity index (χ0v) is 57.9. The Balaban J connectivity index is 1.10. The largest absolute Gasteiger partial charge is 0.508 e. The Hall–Kier alpha value is -10.6. The van der Waals surface area contributed by atoms with Crippen LogP contribution in [0.15, 0.2) is 109 Å². The third-order valence-corrected chi connectivity index (χ3v) is 18.9. The zero-order valence-electron chi connectivity index (χ0n) is 56.4. The van der Waals surface area contributed by atoms with Gasteiger partial charge in [0.15, 0.2) is 23.0 Å². The highest BCUT2D eigenvalue weighted by atomic mass is 35.5. The van der Waals surface area contributed by atoms with E-state index in [4.69, 9.17) is 43.1 Å². The highest BCUT2D eigenvalue weighted by molar-refractivity contribution is 6.32. The van der Waals surface area contributed by atoms with Gasteiger partial charge in [-0.05, 0) is 158 Å². The Morgan fingerprint density at radius 1 is 0.544 bits per heavy atom. The fourth-order valence-corrected chi connectivity index (χ4v) is 13.3. The number of fused-ring (bicyclic) bond motifs is 14. The summed E-state index contributed by atoms with van der Waals surface area (Å²) in [6, 6.07) is 8.85. The number of nitrogens with two attached hydrogens (primary N) is 1. The lowest BCUT2D eigenvalue weighted by atomic mass is 9.87. The molecule has 0 radical (unpaired) electrons. The second kappa shape index (κ2) is 32.2. The molecule has 0 saturated carbocycles. The van der Waals surface area contributed by atoms with Crippen LogP contribution in [0.2, 0.25) is 10.0 Å². The van der Waals surface area contributed by atoms with E-state index in [2.05, 4.69) is 49.5 Å². The fraction of sp³-hybridized carbons (Fsp3) is 0.338. The quantitative estimate of drug-likeness (QED) is 0.0405. The van der Waals surface area contributed by atoms with Gasteiger partial charge in [0.05, 0.1) is 15.6 Å². The molecule has 0 fully saturated rings. The molecule has 542 valence electrons. The number of halogens is 2. The van der Waals surface area contributed by atoms with E-state index in [1.165, 1.54) is 72.8 Å². The Morgan fingerprint density at radius 3 is 1.83 bits per heavy atom. The molecule has 13 rings (SSSR count). The van der Waals surface area contributed by atoms with Crippen LogP contribution in [0.4, 0.5) is 0 Å². The van der Waals surface area contributed by atoms with Gasteiger partial charge in [-0.3, -0.25) is 33.6 Å². The number of hydrogen-bond donors (Lipinski definition) is 16. The maximum absolute atomic E-state index is 16.1. The molecule has 7 aromatic rings. The molecule has 8 atom stereocenters. The number of carbonyl (C=O) groups excluding carboxylic acids is 7. The van der Waals surface area contributed by atoms with Gasteiger partial charge in [0.25, 0.3) is 0 Å². The number of unbranched alkanes of at least 4 members (excludes halogenated alkanes) is 7. The van der Waals surface area contributed by atoms with Crippen molar-refractivity contribution in [3.63, 3.8) is 0 Å². The van der Waals surface area contributed by atoms with Crippen molar-refractivity contribution in [1.29, 1.82) is 0 Å². The van der Waals surface area contributed by atoms with E-state index in [-0.39, 0.29) is 103 Å². The number of phenols is 6. The Kier molecular flexibility index (Phi) is 23.0. The van der Waals surface area contributed by atoms with E-state index >= 15 is 24.0 Å². The van der Waals surface area contributed by atoms with Crippen molar-refractivity contribution < 1.29 is 83.5 Å². The summed E-state index contributed by atoms with van der Waals surface area (Å²) in [5.41, 5.74) is 5.09. The van der Waals surface area contributed by atoms with Crippen molar-refractivity contribution in [1.82, 2.24) is 47.4 Å². The zero-order chi connectivity index (χ0) is 73.5. The summed E-state index contributed by atoms with van der Waals surface area (Å²) in [5, 5.41) is 106. The monoisotopic (exact) mass is 1450 g/mol. The molecule has 6 aliphatic heterocycles. The Labute approximate surface area is 602 Å². The summed E-state index contributed by atoms with van der Waals surface area (Å²) in [7, 11) is 3.79. The first-order valence-electron chi connectivity index (χ1n) is 33.8. The van der Waals surface area contributed by atoms with E-state index in [9.17, 15) is 45.3 Å². The summed E-state index contributed by atoms with van der Waals surface area (Å²) in [4.78, 5) is 109. The average molecular weight is 1450 g/mol. The highest BCUT2D eigenvalue weighted by Crippen LogP contribution is 2.49. The first-order valence-corrected chi connectivity index (χ1v) is 34.5. The van der Waals surface area contributed by atoms with Gasteiger partial charge < -0.3 is 103 Å². The van der Waals surface area contributed by atoms with E-state index in [0.717, 1.165) is 81.3 Å². The Morgan fingerprint density at radius 2 is 1.15 bits per heavy atom. The number of carbonyl (C=O) groups is 7. The van der Waals surface area contributed by atoms with E-state index in [1.54, 1.807) is 0 Å². The average Bonchev–Trinajstić information content (AvgIpc) is 0.755. The topological polar surface area (TPSA) is 414 Å². The minimum atomic E-state index is -2.17. The molecule has 0 spiro atoms. The van der Waals surface area contributed by atoms with Gasteiger partial charge in [0.2, 0.25) is 47.1 Å². The summed E-state index contributed by atoms with van der Waals surface area (Å²) in [6.45, 7) is 3.15. The molecule has 7 aromatic carbocycles. The minimum absolute atomic E-state index is 0.102. The number of hydrogen-bond acceptors (Lipinski definition) is 20. The second-order valence-corrected chi connectivity index (χ2v) is 26.9. The van der Waals surface area contributed by atoms with Crippen LogP contribution in [0, 0.1) is 0 Å². The first kappa shape index (κ1) is 73.7. The molecule has 103 heavy (non-hydrogen) atoms. The SMILES string of the molecule is CCCCCCCCCCNC(=O)[C@H]1NC(=O)[C@H]2NC(=O)[C@@H](NC(=O)[C@H]3NC(=O)[C@H]4NC(=O)[C@H](Cc5ccc(c(Cl)c5)Oc5cc3cc(c5O)Oc3ccc(cc3Cl)C2O)NC(=O)[C@@H](N)c2ccc(O)c(c2)Oc2cc(O)cc4c2)c2ccc(O)c(c2)-c2c1cc(O)c(CNCCCN(C)C)c2O. The van der Waals surface area contributed by atoms with Crippen molar-refractivity contribution >= 4 is 64.6 Å². The number of aliphatic hydroxyl groups excluding tert-OH is 1. The van der Waals surface area contributed by atoms with Crippen molar-refractivity contribution in [2.45, 2.75) is 126 Å². The molecule has 27 nitrogen and oxygen atoms in total. The summed E-state index contributed by atoms with van der Waals surface area (Å²) in [5.74, 6) is -13.1. The normalized spacial score (nSPS) is 20.3. The van der Waals surface area contributed by atoms with Crippen LogP contribution in [-0.4, -0.2) is 128 Å². The molecule has 17 bridgehead atoms. The molecule has 0 aliphatic carbocycles. The predicted octanol–water partition coefficient (Wildman–Crippen LogP) is 8.20. The van der Waals surface area contributed by atoms with Gasteiger partial charge in [0.1, 0.15) is 88.6 Å². The van der Waals surface area contributed by atoms with Crippen LogP contribution in [0.3, 0.4) is 0 Å². The molecule has 6 heterocycles. The van der Waals surface area contributed by atoms with E-state index in [0.29, 0.717) is 31.5 Å². The summed E-state index contributed by atoms with van der Waals surface area (Å²) < 4.78 is 18.7. The Bertz CT molecular complexity index is 4440. The van der Waals surface area contributed by atoms with Crippen molar-refractivity contribution in [2.75, 3.05) is 33.7 Å². The lowest BCUT2D eigenvalue weighted by Crippen LogP contribution is -2.56. The molecule has 0 saturated heterocycles. The second-order valence-electron chi connectivity index (χ2n) is 26.1. The van der Waals surface area contributed by atoms with Gasteiger partial charge in [-0.2, -0.15) is 0 Å². The molecular weight excluding hydrogens is 1370 g/mol. The smallest absolute Gasteiger partial charge is 0.248 e. The number of rotatable bonds is 16. The van der Waals surface area contributed by atoms with Crippen molar-refractivity contribution in [3.8, 4) is 80.1 Å². The number of amides is 7. The molecule has 6 aliphatic rings. The molecule has 17 N–H and O–H groups in total. The molecule has 0 aromatic heterocycles. The van der Waals surface area contributed by atoms with Gasteiger partial charge in [-0.1, -0.05) is 99.3 Å². The maximum atomic E-state index is 16.1. The lowest BCUT2D eigenvalue weighted by molar-refractivity contribution is -0.137. The lowest BCUT2D eigenvalue weighted by Gasteiger charge is -2.32. The molecule has 1 unspecified atom stereocenters. The number of aliphatic hydroxyl groups is 1. The van der Waals surface area contributed by atoms with Crippen LogP contribution >= 0.6 is 23.2 Å². The fourth-order valence-electron chi connectivity index (χ4n) is 12.8. The summed E-state index contributed by atoms with van der Waals surface area (Å²) in [6.07, 6.45) is 5.71. The van der Waals surface area contributed by atoms with Crippen LogP contribution in [-0.2, 0) is 46.5 Å². The first-order chi connectivity index (χ1) is 49.3. The number of nitrogens with zero attached hydrogens (tertiary/aromatic N) is 1. The van der Waals surface area contributed by atoms with Crippen LogP contribution in [0.25, 0.3) is 11.1 Å². The van der Waals surface area contributed by atoms with Gasteiger partial charge in [-0.25, -0.2) is 0 Å². The van der Waals surface area contributed by atoms with Gasteiger partial charge in [-0.15, -0.1) is 0 Å². The number of phenolic OH excluding ortho intramolecular Hbond substituents is 6. The third kappa shape index (κ3) is 16.8. The van der Waals surface area contributed by atoms with Crippen molar-refractivity contribution in [2.24, 2.45) is 5.73 Å². The maximum Gasteiger partial charge on any atom is 0.248 e. The van der Waals surface area contributed by atoms with Gasteiger partial charge in [0, 0.05) is 36.7 Å².